The molecule has 0 aliphatic heterocycles. The van der Waals surface area contributed by atoms with Gasteiger partial charge in [0.05, 0.1) is 6.61 Å². The number of hydrogen-bond acceptors (Lipinski definition) is 3. The smallest absolute Gasteiger partial charge is 0.323 e. The molecular formula is C13H16FNO4. The van der Waals surface area contributed by atoms with Crippen LogP contribution in [0.15, 0.2) is 24.3 Å². The number of carbonyl (C=O) groups excluding carboxylic acids is 1. The van der Waals surface area contributed by atoms with Crippen LogP contribution in [0, 0.1) is 5.82 Å². The predicted molar refractivity (Wildman–Crippen MR) is 66.4 cm³/mol. The molecule has 0 spiro atoms. The van der Waals surface area contributed by atoms with Crippen LogP contribution < -0.4 is 4.74 Å². The van der Waals surface area contributed by atoms with Crippen molar-refractivity contribution in [1.29, 1.82) is 0 Å². The summed E-state index contributed by atoms with van der Waals surface area (Å²) in [7, 11) is 1.44. The number of carboxylic acids is 1. The first-order valence-corrected chi connectivity index (χ1v) is 5.83. The number of ether oxygens (including phenoxy) is 1. The van der Waals surface area contributed by atoms with Crippen LogP contribution in [-0.4, -0.2) is 42.1 Å². The molecule has 0 heterocycles. The Morgan fingerprint density at radius 1 is 1.32 bits per heavy atom. The summed E-state index contributed by atoms with van der Waals surface area (Å²) < 4.78 is 17.9. The molecule has 104 valence electrons. The van der Waals surface area contributed by atoms with Gasteiger partial charge in [0.2, 0.25) is 5.91 Å². The third-order valence-corrected chi connectivity index (χ3v) is 2.42. The Balaban J connectivity index is 2.21. The first-order chi connectivity index (χ1) is 8.99. The average molecular weight is 269 g/mol. The van der Waals surface area contributed by atoms with E-state index in [-0.39, 0.29) is 24.7 Å². The summed E-state index contributed by atoms with van der Waals surface area (Å²) in [6.07, 6.45) is 0.686. The van der Waals surface area contributed by atoms with E-state index in [1.54, 1.807) is 0 Å². The van der Waals surface area contributed by atoms with Gasteiger partial charge >= 0.3 is 5.97 Å². The lowest BCUT2D eigenvalue weighted by atomic mass is 10.3. The minimum atomic E-state index is -1.04. The number of benzene rings is 1. The number of amides is 1. The Hall–Kier alpha value is -2.11. The zero-order chi connectivity index (χ0) is 14.3. The molecule has 0 bridgehead atoms. The fourth-order valence-corrected chi connectivity index (χ4v) is 1.43. The SMILES string of the molecule is CN(CC(=O)O)C(=O)CCCOc1ccc(F)cc1. The molecule has 0 aliphatic carbocycles. The molecule has 0 aliphatic rings. The van der Waals surface area contributed by atoms with E-state index in [1.807, 2.05) is 0 Å². The molecule has 0 saturated carbocycles. The number of carbonyl (C=O) groups is 2. The van der Waals surface area contributed by atoms with Crippen LogP contribution in [0.4, 0.5) is 4.39 Å². The van der Waals surface area contributed by atoms with Crippen molar-refractivity contribution in [3.8, 4) is 5.75 Å². The maximum atomic E-state index is 12.6. The number of rotatable bonds is 7. The number of carboxylic acid groups (broad SMARTS) is 1. The molecule has 0 radical (unpaired) electrons. The molecule has 1 aromatic rings. The summed E-state index contributed by atoms with van der Waals surface area (Å²) in [5.74, 6) is -1.09. The normalized spacial score (nSPS) is 10.0. The van der Waals surface area contributed by atoms with Crippen molar-refractivity contribution in [2.45, 2.75) is 12.8 Å². The van der Waals surface area contributed by atoms with Crippen molar-refractivity contribution in [2.75, 3.05) is 20.2 Å². The highest BCUT2D eigenvalue weighted by Crippen LogP contribution is 2.11. The van der Waals surface area contributed by atoms with Gasteiger partial charge in [-0.25, -0.2) is 4.39 Å². The number of likely N-dealkylation sites (N-methyl/N-ethyl adjacent to an activating group) is 1. The highest BCUT2D eigenvalue weighted by Gasteiger charge is 2.11. The molecule has 1 rings (SSSR count). The lowest BCUT2D eigenvalue weighted by molar-refractivity contribution is -0.143. The van der Waals surface area contributed by atoms with Crippen molar-refractivity contribution in [3.63, 3.8) is 0 Å². The van der Waals surface area contributed by atoms with Crippen LogP contribution in [0.3, 0.4) is 0 Å². The van der Waals surface area contributed by atoms with E-state index in [9.17, 15) is 14.0 Å². The second-order valence-electron chi connectivity index (χ2n) is 4.05. The van der Waals surface area contributed by atoms with Crippen molar-refractivity contribution in [1.82, 2.24) is 4.90 Å². The summed E-state index contributed by atoms with van der Waals surface area (Å²) >= 11 is 0. The number of nitrogens with zero attached hydrogens (tertiary/aromatic N) is 1. The Morgan fingerprint density at radius 2 is 1.95 bits per heavy atom. The summed E-state index contributed by atoms with van der Waals surface area (Å²) in [6.45, 7) is 0.00986. The van der Waals surface area contributed by atoms with Crippen LogP contribution >= 0.6 is 0 Å². The lowest BCUT2D eigenvalue weighted by Gasteiger charge is -2.14. The van der Waals surface area contributed by atoms with Gasteiger partial charge in [0.1, 0.15) is 18.1 Å². The van der Waals surface area contributed by atoms with Gasteiger partial charge in [-0.2, -0.15) is 0 Å². The summed E-state index contributed by atoms with van der Waals surface area (Å²) in [5.41, 5.74) is 0. The molecule has 0 atom stereocenters. The van der Waals surface area contributed by atoms with E-state index < -0.39 is 5.97 Å². The molecule has 0 fully saturated rings. The predicted octanol–water partition coefficient (Wildman–Crippen LogP) is 1.53. The van der Waals surface area contributed by atoms with Gasteiger partial charge in [0.25, 0.3) is 0 Å². The van der Waals surface area contributed by atoms with Crippen LogP contribution in [0.5, 0.6) is 5.75 Å². The quantitative estimate of drug-likeness (QED) is 0.762. The number of aliphatic carboxylic acids is 1. The maximum Gasteiger partial charge on any atom is 0.323 e. The summed E-state index contributed by atoms with van der Waals surface area (Å²) in [6, 6.07) is 5.60. The van der Waals surface area contributed by atoms with Gasteiger partial charge < -0.3 is 14.7 Å². The van der Waals surface area contributed by atoms with E-state index in [1.165, 1.54) is 31.3 Å². The third kappa shape index (κ3) is 5.85. The second kappa shape index (κ2) is 7.35. The molecule has 1 aromatic carbocycles. The fraction of sp³-hybridized carbons (Fsp3) is 0.385. The van der Waals surface area contributed by atoms with Gasteiger partial charge in [-0.15, -0.1) is 0 Å². The highest BCUT2D eigenvalue weighted by atomic mass is 19.1. The molecule has 19 heavy (non-hydrogen) atoms. The monoisotopic (exact) mass is 269 g/mol. The first kappa shape index (κ1) is 14.9. The number of hydrogen-bond donors (Lipinski definition) is 1. The van der Waals surface area contributed by atoms with E-state index in [0.29, 0.717) is 18.8 Å². The van der Waals surface area contributed by atoms with Gasteiger partial charge in [-0.05, 0) is 30.7 Å². The van der Waals surface area contributed by atoms with E-state index in [0.717, 1.165) is 4.90 Å². The van der Waals surface area contributed by atoms with Gasteiger partial charge in [-0.1, -0.05) is 0 Å². The minimum Gasteiger partial charge on any atom is -0.494 e. The van der Waals surface area contributed by atoms with Crippen molar-refractivity contribution >= 4 is 11.9 Å². The van der Waals surface area contributed by atoms with Crippen LogP contribution in [0.1, 0.15) is 12.8 Å². The van der Waals surface area contributed by atoms with Crippen molar-refractivity contribution in [2.24, 2.45) is 0 Å². The first-order valence-electron chi connectivity index (χ1n) is 5.83. The van der Waals surface area contributed by atoms with Crippen LogP contribution in [0.25, 0.3) is 0 Å². The molecule has 0 unspecified atom stereocenters. The largest absolute Gasteiger partial charge is 0.494 e. The number of halogens is 1. The van der Waals surface area contributed by atoms with Crippen LogP contribution in [0.2, 0.25) is 0 Å². The van der Waals surface area contributed by atoms with Gasteiger partial charge in [0.15, 0.2) is 0 Å². The van der Waals surface area contributed by atoms with Gasteiger partial charge in [-0.3, -0.25) is 9.59 Å². The Bertz CT molecular complexity index is 433. The topological polar surface area (TPSA) is 66.8 Å². The molecule has 0 saturated heterocycles. The van der Waals surface area contributed by atoms with E-state index in [4.69, 9.17) is 9.84 Å². The standard InChI is InChI=1S/C13H16FNO4/c1-15(9-13(17)18)12(16)3-2-8-19-11-6-4-10(14)5-7-11/h4-7H,2-3,8-9H2,1H3,(H,17,18). The Morgan fingerprint density at radius 3 is 2.53 bits per heavy atom. The van der Waals surface area contributed by atoms with E-state index in [2.05, 4.69) is 0 Å². The summed E-state index contributed by atoms with van der Waals surface area (Å²) in [5, 5.41) is 8.53. The lowest BCUT2D eigenvalue weighted by Crippen LogP contribution is -2.31. The molecule has 1 N–H and O–H groups in total. The molecule has 1 amide bonds. The molecule has 5 nitrogen and oxygen atoms in total. The van der Waals surface area contributed by atoms with E-state index >= 15 is 0 Å². The molecule has 6 heteroatoms. The Labute approximate surface area is 110 Å². The van der Waals surface area contributed by atoms with Crippen molar-refractivity contribution in [3.05, 3.63) is 30.1 Å². The van der Waals surface area contributed by atoms with Gasteiger partial charge in [0, 0.05) is 13.5 Å². The zero-order valence-corrected chi connectivity index (χ0v) is 10.6. The van der Waals surface area contributed by atoms with Crippen LogP contribution in [-0.2, 0) is 9.59 Å². The minimum absolute atomic E-state index is 0.213. The highest BCUT2D eigenvalue weighted by molar-refractivity contribution is 5.80. The third-order valence-electron chi connectivity index (χ3n) is 2.42. The van der Waals surface area contributed by atoms with Crippen molar-refractivity contribution < 1.29 is 23.8 Å². The summed E-state index contributed by atoms with van der Waals surface area (Å²) in [4.78, 5) is 23.1. The maximum absolute atomic E-state index is 12.6. The molecular weight excluding hydrogens is 253 g/mol. The fourth-order valence-electron chi connectivity index (χ4n) is 1.43. The molecule has 0 aromatic heterocycles. The average Bonchev–Trinajstić information content (AvgIpc) is 2.35. The second-order valence-corrected chi connectivity index (χ2v) is 4.05. The zero-order valence-electron chi connectivity index (χ0n) is 10.6. The Kier molecular flexibility index (Phi) is 5.78.